The number of hydrogen-bond donors (Lipinski definition) is 2. The molecule has 2 aromatic carbocycles. The van der Waals surface area contributed by atoms with Crippen LogP contribution >= 0.6 is 0 Å². The summed E-state index contributed by atoms with van der Waals surface area (Å²) in [6, 6.07) is 11.8. The van der Waals surface area contributed by atoms with Crippen molar-refractivity contribution in [2.45, 2.75) is 26.3 Å². The second-order valence-electron chi connectivity index (χ2n) is 6.70. The molecule has 2 N–H and O–H groups in total. The zero-order chi connectivity index (χ0) is 20.7. The van der Waals surface area contributed by atoms with Crippen molar-refractivity contribution in [2.75, 3.05) is 12.4 Å². The van der Waals surface area contributed by atoms with E-state index in [1.54, 1.807) is 42.5 Å². The Labute approximate surface area is 163 Å². The summed E-state index contributed by atoms with van der Waals surface area (Å²) in [6.07, 6.45) is 0.244. The molecule has 2 aromatic rings. The minimum Gasteiger partial charge on any atom is -0.548 e. The fourth-order valence-electron chi connectivity index (χ4n) is 2.65. The average molecular weight is 383 g/mol. The molecule has 7 nitrogen and oxygen atoms in total. The Morgan fingerprint density at radius 2 is 1.64 bits per heavy atom. The van der Waals surface area contributed by atoms with Crippen LogP contribution in [-0.2, 0) is 4.79 Å². The maximum atomic E-state index is 12.6. The van der Waals surface area contributed by atoms with Crippen LogP contribution in [0.5, 0.6) is 5.75 Å². The van der Waals surface area contributed by atoms with E-state index in [2.05, 4.69) is 10.6 Å². The Morgan fingerprint density at radius 3 is 2.21 bits per heavy atom. The van der Waals surface area contributed by atoms with E-state index >= 15 is 0 Å². The number of carbonyl (C=O) groups is 3. The van der Waals surface area contributed by atoms with Gasteiger partial charge < -0.3 is 25.3 Å². The lowest BCUT2D eigenvalue weighted by Crippen LogP contribution is -2.48. The summed E-state index contributed by atoms with van der Waals surface area (Å²) in [5, 5.41) is 16.4. The third-order valence-electron chi connectivity index (χ3n) is 4.07. The number of amides is 2. The zero-order valence-electron chi connectivity index (χ0n) is 16.0. The van der Waals surface area contributed by atoms with Crippen LogP contribution in [0, 0.1) is 5.92 Å². The van der Waals surface area contributed by atoms with Crippen LogP contribution in [0.25, 0.3) is 0 Å². The van der Waals surface area contributed by atoms with E-state index in [9.17, 15) is 19.5 Å². The largest absolute Gasteiger partial charge is 0.548 e. The molecular weight excluding hydrogens is 360 g/mol. The van der Waals surface area contributed by atoms with E-state index in [4.69, 9.17) is 4.74 Å². The molecule has 0 fully saturated rings. The second-order valence-corrected chi connectivity index (χ2v) is 6.70. The summed E-state index contributed by atoms with van der Waals surface area (Å²) >= 11 is 0. The van der Waals surface area contributed by atoms with Crippen LogP contribution in [-0.4, -0.2) is 30.9 Å². The number of carbonyl (C=O) groups excluding carboxylic acids is 3. The Morgan fingerprint density at radius 1 is 1.00 bits per heavy atom. The van der Waals surface area contributed by atoms with Crippen molar-refractivity contribution in [1.29, 1.82) is 0 Å². The predicted octanol–water partition coefficient (Wildman–Crippen LogP) is 1.84. The van der Waals surface area contributed by atoms with Gasteiger partial charge in [-0.2, -0.15) is 0 Å². The van der Waals surface area contributed by atoms with Crippen LogP contribution in [0.4, 0.5) is 5.69 Å². The predicted molar refractivity (Wildman–Crippen MR) is 103 cm³/mol. The molecule has 7 heteroatoms. The average Bonchev–Trinajstić information content (AvgIpc) is 2.67. The highest BCUT2D eigenvalue weighted by molar-refractivity contribution is 6.09. The number of methoxy groups -OCH3 is 1. The SMILES string of the molecule is COc1ccc(C(=O)Nc2ccccc2C(=O)N[C@H](CC(C)C)C(=O)[O-])cc1. The summed E-state index contributed by atoms with van der Waals surface area (Å²) < 4.78 is 5.06. The van der Waals surface area contributed by atoms with Crippen molar-refractivity contribution in [3.63, 3.8) is 0 Å². The maximum absolute atomic E-state index is 12.6. The molecule has 0 aliphatic carbocycles. The van der Waals surface area contributed by atoms with Gasteiger partial charge in [-0.1, -0.05) is 26.0 Å². The molecule has 0 saturated carbocycles. The smallest absolute Gasteiger partial charge is 0.255 e. The van der Waals surface area contributed by atoms with E-state index in [1.165, 1.54) is 13.2 Å². The highest BCUT2D eigenvalue weighted by Gasteiger charge is 2.19. The Hall–Kier alpha value is -3.35. The molecule has 2 rings (SSSR count). The number of carboxylic acids is 1. The first-order valence-electron chi connectivity index (χ1n) is 8.88. The number of para-hydroxylation sites is 1. The van der Waals surface area contributed by atoms with E-state index in [1.807, 2.05) is 13.8 Å². The first kappa shape index (κ1) is 21.0. The fraction of sp³-hybridized carbons (Fsp3) is 0.286. The third kappa shape index (κ3) is 5.57. The molecule has 0 saturated heterocycles. The number of aliphatic carboxylic acids is 1. The lowest BCUT2D eigenvalue weighted by atomic mass is 10.0. The van der Waals surface area contributed by atoms with E-state index in [0.29, 0.717) is 11.3 Å². The summed E-state index contributed by atoms with van der Waals surface area (Å²) in [7, 11) is 1.53. The van der Waals surface area contributed by atoms with Crippen LogP contribution in [0.3, 0.4) is 0 Å². The van der Waals surface area contributed by atoms with Crippen molar-refractivity contribution in [1.82, 2.24) is 5.32 Å². The van der Waals surface area contributed by atoms with Crippen LogP contribution < -0.4 is 20.5 Å². The number of benzene rings is 2. The van der Waals surface area contributed by atoms with Gasteiger partial charge in [-0.15, -0.1) is 0 Å². The number of rotatable bonds is 8. The minimum absolute atomic E-state index is 0.0632. The van der Waals surface area contributed by atoms with Gasteiger partial charge in [-0.3, -0.25) is 9.59 Å². The van der Waals surface area contributed by atoms with Gasteiger partial charge in [0.05, 0.1) is 30.4 Å². The minimum atomic E-state index is -1.35. The van der Waals surface area contributed by atoms with E-state index in [-0.39, 0.29) is 23.6 Å². The van der Waals surface area contributed by atoms with Gasteiger partial charge in [0, 0.05) is 5.56 Å². The van der Waals surface area contributed by atoms with Gasteiger partial charge in [-0.25, -0.2) is 0 Å². The number of carboxylic acid groups (broad SMARTS) is 1. The molecule has 0 bridgehead atoms. The standard InChI is InChI=1S/C21H24N2O5/c1-13(2)12-18(21(26)27)23-20(25)16-6-4-5-7-17(16)22-19(24)14-8-10-15(28-3)11-9-14/h4-11,13,18H,12H2,1-3H3,(H,22,24)(H,23,25)(H,26,27)/p-1/t18-/m1/s1. The lowest BCUT2D eigenvalue weighted by molar-refractivity contribution is -0.308. The molecule has 0 radical (unpaired) electrons. The highest BCUT2D eigenvalue weighted by atomic mass is 16.5. The summed E-state index contributed by atoms with van der Waals surface area (Å²) in [5.41, 5.74) is 0.838. The number of ether oxygens (including phenoxy) is 1. The topological polar surface area (TPSA) is 108 Å². The molecule has 0 unspecified atom stereocenters. The molecule has 28 heavy (non-hydrogen) atoms. The fourth-order valence-corrected chi connectivity index (χ4v) is 2.65. The highest BCUT2D eigenvalue weighted by Crippen LogP contribution is 2.18. The first-order valence-corrected chi connectivity index (χ1v) is 8.88. The molecule has 0 heterocycles. The van der Waals surface area contributed by atoms with Gasteiger partial charge >= 0.3 is 0 Å². The van der Waals surface area contributed by atoms with Crippen molar-refractivity contribution in [3.8, 4) is 5.75 Å². The quantitative estimate of drug-likeness (QED) is 0.723. The monoisotopic (exact) mass is 383 g/mol. The van der Waals surface area contributed by atoms with Crippen molar-refractivity contribution < 1.29 is 24.2 Å². The molecule has 1 atom stereocenters. The normalized spacial score (nSPS) is 11.6. The maximum Gasteiger partial charge on any atom is 0.255 e. The van der Waals surface area contributed by atoms with Crippen molar-refractivity contribution in [3.05, 3.63) is 59.7 Å². The van der Waals surface area contributed by atoms with Crippen LogP contribution in [0.1, 0.15) is 41.0 Å². The number of nitrogens with one attached hydrogen (secondary N) is 2. The zero-order valence-corrected chi connectivity index (χ0v) is 16.0. The second kappa shape index (κ2) is 9.55. The van der Waals surface area contributed by atoms with E-state index in [0.717, 1.165) is 0 Å². The number of hydrogen-bond acceptors (Lipinski definition) is 5. The van der Waals surface area contributed by atoms with Crippen LogP contribution in [0.15, 0.2) is 48.5 Å². The summed E-state index contributed by atoms with van der Waals surface area (Å²) in [6.45, 7) is 3.70. The molecule has 0 aliphatic heterocycles. The summed E-state index contributed by atoms with van der Waals surface area (Å²) in [5.74, 6) is -1.66. The van der Waals surface area contributed by atoms with Crippen LogP contribution in [0.2, 0.25) is 0 Å². The Balaban J connectivity index is 2.17. The Kier molecular flexibility index (Phi) is 7.14. The molecule has 148 valence electrons. The van der Waals surface area contributed by atoms with Gasteiger partial charge in [0.25, 0.3) is 11.8 Å². The summed E-state index contributed by atoms with van der Waals surface area (Å²) in [4.78, 5) is 36.4. The molecule has 0 spiro atoms. The van der Waals surface area contributed by atoms with Crippen molar-refractivity contribution in [2.24, 2.45) is 5.92 Å². The van der Waals surface area contributed by atoms with Gasteiger partial charge in [-0.05, 0) is 48.7 Å². The van der Waals surface area contributed by atoms with Gasteiger partial charge in [0.15, 0.2) is 0 Å². The lowest BCUT2D eigenvalue weighted by Gasteiger charge is -2.22. The first-order chi connectivity index (χ1) is 13.3. The third-order valence-corrected chi connectivity index (χ3v) is 4.07. The van der Waals surface area contributed by atoms with Gasteiger partial charge in [0.1, 0.15) is 5.75 Å². The number of anilines is 1. The Bertz CT molecular complexity index is 846. The molecule has 0 aliphatic rings. The molecule has 0 aromatic heterocycles. The van der Waals surface area contributed by atoms with Crippen molar-refractivity contribution >= 4 is 23.5 Å². The molecular formula is C21H23N2O5-. The molecule has 2 amide bonds. The van der Waals surface area contributed by atoms with E-state index < -0.39 is 23.8 Å². The van der Waals surface area contributed by atoms with Gasteiger partial charge in [0.2, 0.25) is 0 Å².